The summed E-state index contributed by atoms with van der Waals surface area (Å²) < 4.78 is 5.24. The predicted octanol–water partition coefficient (Wildman–Crippen LogP) is 1.85. The Hall–Kier alpha value is -1.63. The third kappa shape index (κ3) is 6.99. The second-order valence-electron chi connectivity index (χ2n) is 5.54. The number of carbonyl (C=O) groups is 2. The number of nitrogens with one attached hydrogen (secondary N) is 2. The van der Waals surface area contributed by atoms with Crippen molar-refractivity contribution >= 4 is 29.9 Å². The fourth-order valence-corrected chi connectivity index (χ4v) is 1.80. The van der Waals surface area contributed by atoms with Crippen molar-refractivity contribution in [2.24, 2.45) is 11.7 Å². The molecule has 2 atom stereocenters. The van der Waals surface area contributed by atoms with Gasteiger partial charge >= 0.3 is 0 Å². The van der Waals surface area contributed by atoms with Crippen LogP contribution in [0.3, 0.4) is 0 Å². The van der Waals surface area contributed by atoms with E-state index in [1.165, 1.54) is 0 Å². The van der Waals surface area contributed by atoms with Crippen LogP contribution in [-0.4, -0.2) is 31.5 Å². The number of anilines is 1. The van der Waals surface area contributed by atoms with Crippen LogP contribution < -0.4 is 16.4 Å². The van der Waals surface area contributed by atoms with Crippen molar-refractivity contribution in [1.29, 1.82) is 0 Å². The second kappa shape index (κ2) is 10.2. The zero-order valence-corrected chi connectivity index (χ0v) is 14.8. The number of hydrogen-bond acceptors (Lipinski definition) is 4. The molecule has 1 aromatic rings. The molecule has 1 unspecified atom stereocenters. The number of ether oxygens (including phenoxy) is 1. The molecule has 2 amide bonds. The highest BCUT2D eigenvalue weighted by Crippen LogP contribution is 2.19. The molecule has 0 aliphatic rings. The van der Waals surface area contributed by atoms with Gasteiger partial charge in [0.05, 0.1) is 18.7 Å². The number of methoxy groups -OCH3 is 1. The normalized spacial score (nSPS) is 13.0. The average Bonchev–Trinajstić information content (AvgIpc) is 2.51. The summed E-state index contributed by atoms with van der Waals surface area (Å²) in [5, 5.41) is 5.27. The van der Waals surface area contributed by atoms with Crippen LogP contribution in [0.1, 0.15) is 32.4 Å². The molecule has 0 aliphatic heterocycles. The molecule has 7 heteroatoms. The van der Waals surface area contributed by atoms with Crippen LogP contribution >= 0.6 is 12.4 Å². The van der Waals surface area contributed by atoms with Crippen molar-refractivity contribution < 1.29 is 14.3 Å². The number of rotatable bonds is 7. The predicted molar refractivity (Wildman–Crippen MR) is 93.6 cm³/mol. The van der Waals surface area contributed by atoms with Gasteiger partial charge in [-0.15, -0.1) is 12.4 Å². The smallest absolute Gasteiger partial charge is 0.243 e. The van der Waals surface area contributed by atoms with E-state index in [2.05, 4.69) is 10.6 Å². The highest BCUT2D eigenvalue weighted by atomic mass is 35.5. The summed E-state index contributed by atoms with van der Waals surface area (Å²) in [7, 11) is 1.63. The van der Waals surface area contributed by atoms with Crippen molar-refractivity contribution in [2.75, 3.05) is 19.0 Å². The Bertz CT molecular complexity index is 523. The topological polar surface area (TPSA) is 93.5 Å². The lowest BCUT2D eigenvalue weighted by Crippen LogP contribution is -2.46. The number of halogens is 1. The van der Waals surface area contributed by atoms with Gasteiger partial charge in [-0.05, 0) is 30.5 Å². The molecule has 1 aromatic carbocycles. The molecule has 130 valence electrons. The van der Waals surface area contributed by atoms with Gasteiger partial charge in [-0.3, -0.25) is 9.59 Å². The molecule has 23 heavy (non-hydrogen) atoms. The molecule has 0 bridgehead atoms. The Kier molecular flexibility index (Phi) is 9.48. The Morgan fingerprint density at radius 2 is 1.91 bits per heavy atom. The van der Waals surface area contributed by atoms with Crippen LogP contribution in [-0.2, 0) is 14.3 Å². The summed E-state index contributed by atoms with van der Waals surface area (Å²) in [5.41, 5.74) is 7.33. The lowest BCUT2D eigenvalue weighted by atomic mass is 10.1. The van der Waals surface area contributed by atoms with Gasteiger partial charge in [-0.2, -0.15) is 0 Å². The van der Waals surface area contributed by atoms with Crippen LogP contribution in [0.5, 0.6) is 0 Å². The first-order valence-corrected chi connectivity index (χ1v) is 7.31. The quantitative estimate of drug-likeness (QED) is 0.704. The largest absolute Gasteiger partial charge is 0.377 e. The van der Waals surface area contributed by atoms with Gasteiger partial charge in [0.15, 0.2) is 0 Å². The molecular weight excluding hydrogens is 318 g/mol. The van der Waals surface area contributed by atoms with E-state index >= 15 is 0 Å². The number of amides is 2. The van der Waals surface area contributed by atoms with Crippen molar-refractivity contribution in [3.05, 3.63) is 29.8 Å². The molecule has 0 saturated heterocycles. The molecule has 0 fully saturated rings. The summed E-state index contributed by atoms with van der Waals surface area (Å²) in [6, 6.07) is 6.78. The van der Waals surface area contributed by atoms with Crippen LogP contribution in [0.25, 0.3) is 0 Å². The van der Waals surface area contributed by atoms with E-state index in [-0.39, 0.29) is 42.8 Å². The highest BCUT2D eigenvalue weighted by Gasteiger charge is 2.17. The minimum absolute atomic E-state index is 0. The Balaban J connectivity index is 0.00000484. The van der Waals surface area contributed by atoms with Crippen LogP contribution in [0, 0.1) is 5.92 Å². The average molecular weight is 344 g/mol. The van der Waals surface area contributed by atoms with Gasteiger partial charge in [0, 0.05) is 12.8 Å². The van der Waals surface area contributed by atoms with Crippen molar-refractivity contribution in [3.8, 4) is 0 Å². The summed E-state index contributed by atoms with van der Waals surface area (Å²) >= 11 is 0. The third-order valence-corrected chi connectivity index (χ3v) is 3.44. The first-order valence-electron chi connectivity index (χ1n) is 7.31. The first-order chi connectivity index (χ1) is 10.3. The Labute approximate surface area is 143 Å². The molecule has 0 saturated carbocycles. The van der Waals surface area contributed by atoms with Gasteiger partial charge in [0.1, 0.15) is 0 Å². The van der Waals surface area contributed by atoms with Gasteiger partial charge in [-0.1, -0.05) is 26.0 Å². The van der Waals surface area contributed by atoms with E-state index in [0.717, 1.165) is 5.56 Å². The zero-order valence-electron chi connectivity index (χ0n) is 14.0. The van der Waals surface area contributed by atoms with E-state index in [1.807, 2.05) is 39.0 Å². The summed E-state index contributed by atoms with van der Waals surface area (Å²) in [6.45, 7) is 5.53. The maximum Gasteiger partial charge on any atom is 0.243 e. The SMILES string of the molecule is COC(C)c1cccc(NC(=O)CNC(=O)[C@@H](N)C(C)C)c1.Cl. The zero-order chi connectivity index (χ0) is 16.7. The van der Waals surface area contributed by atoms with Crippen LogP contribution in [0.2, 0.25) is 0 Å². The molecule has 1 rings (SSSR count). The number of nitrogens with two attached hydrogens (primary N) is 1. The molecule has 0 aromatic heterocycles. The molecule has 0 aliphatic carbocycles. The molecule has 0 spiro atoms. The Morgan fingerprint density at radius 1 is 1.26 bits per heavy atom. The van der Waals surface area contributed by atoms with Gasteiger partial charge in [0.2, 0.25) is 11.8 Å². The van der Waals surface area contributed by atoms with Crippen LogP contribution in [0.4, 0.5) is 5.69 Å². The summed E-state index contributed by atoms with van der Waals surface area (Å²) in [4.78, 5) is 23.6. The first kappa shape index (κ1) is 21.4. The number of carbonyl (C=O) groups excluding carboxylic acids is 2. The summed E-state index contributed by atoms with van der Waals surface area (Å²) in [6.07, 6.45) is -0.0550. The van der Waals surface area contributed by atoms with Gasteiger partial charge in [0.25, 0.3) is 0 Å². The van der Waals surface area contributed by atoms with E-state index < -0.39 is 6.04 Å². The minimum atomic E-state index is -0.612. The molecule has 0 heterocycles. The van der Waals surface area contributed by atoms with Gasteiger partial charge < -0.3 is 21.1 Å². The number of hydrogen-bond donors (Lipinski definition) is 3. The van der Waals surface area contributed by atoms with Crippen molar-refractivity contribution in [3.63, 3.8) is 0 Å². The Morgan fingerprint density at radius 3 is 2.48 bits per heavy atom. The minimum Gasteiger partial charge on any atom is -0.377 e. The van der Waals surface area contributed by atoms with E-state index in [4.69, 9.17) is 10.5 Å². The summed E-state index contributed by atoms with van der Waals surface area (Å²) in [5.74, 6) is -0.603. The standard InChI is InChI=1S/C16H25N3O3.ClH/c1-10(2)15(17)16(21)18-9-14(20)19-13-7-5-6-12(8-13)11(3)22-4;/h5-8,10-11,15H,9,17H2,1-4H3,(H,18,21)(H,19,20);1H/t11?,15-;/m0./s1. The van der Waals surface area contributed by atoms with E-state index in [1.54, 1.807) is 13.2 Å². The highest BCUT2D eigenvalue weighted by molar-refractivity contribution is 5.95. The maximum atomic E-state index is 11.9. The van der Waals surface area contributed by atoms with E-state index in [9.17, 15) is 9.59 Å². The molecule has 4 N–H and O–H groups in total. The van der Waals surface area contributed by atoms with Crippen LogP contribution in [0.15, 0.2) is 24.3 Å². The lowest BCUT2D eigenvalue weighted by molar-refractivity contribution is -0.125. The maximum absolute atomic E-state index is 11.9. The molecular formula is C16H26ClN3O3. The molecule has 6 nitrogen and oxygen atoms in total. The van der Waals surface area contributed by atoms with Crippen molar-refractivity contribution in [2.45, 2.75) is 32.9 Å². The van der Waals surface area contributed by atoms with E-state index in [0.29, 0.717) is 5.69 Å². The fraction of sp³-hybridized carbons (Fsp3) is 0.500. The molecule has 0 radical (unpaired) electrons. The number of benzene rings is 1. The third-order valence-electron chi connectivity index (χ3n) is 3.44. The van der Waals surface area contributed by atoms with Gasteiger partial charge in [-0.25, -0.2) is 0 Å². The second-order valence-corrected chi connectivity index (χ2v) is 5.54. The fourth-order valence-electron chi connectivity index (χ4n) is 1.80. The lowest BCUT2D eigenvalue weighted by Gasteiger charge is -2.15. The van der Waals surface area contributed by atoms with Crippen molar-refractivity contribution in [1.82, 2.24) is 5.32 Å². The monoisotopic (exact) mass is 343 g/mol.